The molecule has 0 bridgehead atoms. The van der Waals surface area contributed by atoms with E-state index in [1.165, 1.54) is 24.3 Å². The van der Waals surface area contributed by atoms with Crippen molar-refractivity contribution in [3.8, 4) is 11.5 Å². The Hall–Kier alpha value is -4.64. The molecule has 4 rings (SSSR count). The first-order chi connectivity index (χ1) is 18.1. The SMILES string of the molecule is [2H]C([2H])(Oc1cccc2oc(C(=O)O)cc(=O)c12)C([2H])(O)C([2H])([2H])Oc1cccc2oc(C(=O)O)cc(=O)c12. The zero-order chi connectivity index (χ0) is 28.9. The van der Waals surface area contributed by atoms with Crippen molar-refractivity contribution in [2.75, 3.05) is 13.1 Å². The van der Waals surface area contributed by atoms with Crippen molar-refractivity contribution in [1.29, 1.82) is 0 Å². The van der Waals surface area contributed by atoms with Crippen LogP contribution in [0.1, 0.15) is 28.0 Å². The molecule has 2 aromatic carbocycles. The normalized spacial score (nSPS) is 14.4. The second-order valence-electron chi connectivity index (χ2n) is 6.58. The summed E-state index contributed by atoms with van der Waals surface area (Å²) in [5.41, 5.74) is -2.58. The van der Waals surface area contributed by atoms with Crippen LogP contribution in [0.25, 0.3) is 21.9 Å². The molecule has 0 aliphatic carbocycles. The van der Waals surface area contributed by atoms with Crippen molar-refractivity contribution in [2.24, 2.45) is 0 Å². The molecule has 174 valence electrons. The van der Waals surface area contributed by atoms with Gasteiger partial charge in [-0.2, -0.15) is 0 Å². The molecule has 0 amide bonds. The molecular formula is C23H16O11. The monoisotopic (exact) mass is 473 g/mol. The Morgan fingerprint density at radius 3 is 1.65 bits per heavy atom. The van der Waals surface area contributed by atoms with Gasteiger partial charge in [-0.3, -0.25) is 9.59 Å². The highest BCUT2D eigenvalue weighted by Crippen LogP contribution is 2.25. The molecule has 0 spiro atoms. The summed E-state index contributed by atoms with van der Waals surface area (Å²) in [4.78, 5) is 47.3. The molecule has 34 heavy (non-hydrogen) atoms. The number of aromatic carboxylic acids is 2. The molecule has 4 aromatic rings. The number of ether oxygens (including phenoxy) is 2. The van der Waals surface area contributed by atoms with E-state index in [1.807, 2.05) is 0 Å². The van der Waals surface area contributed by atoms with Crippen LogP contribution in [-0.4, -0.2) is 46.5 Å². The lowest BCUT2D eigenvalue weighted by molar-refractivity contribution is 0.0636. The molecule has 3 N–H and O–H groups in total. The number of benzene rings is 2. The number of carbonyl (C=O) groups is 2. The Morgan fingerprint density at radius 2 is 1.26 bits per heavy atom. The number of carboxylic acids is 2. The van der Waals surface area contributed by atoms with Gasteiger partial charge in [0.05, 0.1) is 6.85 Å². The largest absolute Gasteiger partial charge is 0.490 e. The minimum Gasteiger partial charge on any atom is -0.490 e. The standard InChI is InChI=1S/C23H16O11/c24-11(9-31-14-3-1-5-16-20(14)12(25)7-18(33-16)22(27)28)10-32-15-4-2-6-17-21(15)13(26)8-19(34-17)23(29)30/h1-8,11,24H,9-10H2,(H,27,28)(H,29,30)/i9D2,10D2,11D. The molecule has 0 aliphatic heterocycles. The fourth-order valence-electron chi connectivity index (χ4n) is 2.96. The number of hydrogen-bond donors (Lipinski definition) is 3. The van der Waals surface area contributed by atoms with E-state index < -0.39 is 75.8 Å². The van der Waals surface area contributed by atoms with E-state index in [0.29, 0.717) is 12.1 Å². The predicted molar refractivity (Wildman–Crippen MR) is 116 cm³/mol. The first kappa shape index (κ1) is 16.9. The van der Waals surface area contributed by atoms with Crippen LogP contribution in [0.4, 0.5) is 0 Å². The lowest BCUT2D eigenvalue weighted by atomic mass is 10.2. The van der Waals surface area contributed by atoms with Crippen molar-refractivity contribution in [2.45, 2.75) is 6.08 Å². The third-order valence-electron chi connectivity index (χ3n) is 4.37. The quantitative estimate of drug-likeness (QED) is 0.342. The van der Waals surface area contributed by atoms with Crippen molar-refractivity contribution < 1.29 is 50.1 Å². The van der Waals surface area contributed by atoms with Gasteiger partial charge in [0.2, 0.25) is 11.5 Å². The maximum Gasteiger partial charge on any atom is 0.371 e. The molecule has 0 aliphatic rings. The smallest absolute Gasteiger partial charge is 0.371 e. The molecule has 0 saturated heterocycles. The van der Waals surface area contributed by atoms with E-state index >= 15 is 0 Å². The van der Waals surface area contributed by atoms with E-state index in [9.17, 15) is 24.3 Å². The second kappa shape index (κ2) is 9.08. The van der Waals surface area contributed by atoms with Crippen LogP contribution in [0.3, 0.4) is 0 Å². The van der Waals surface area contributed by atoms with Crippen molar-refractivity contribution >= 4 is 33.9 Å². The molecule has 0 fully saturated rings. The van der Waals surface area contributed by atoms with E-state index in [0.717, 1.165) is 12.1 Å². The maximum atomic E-state index is 12.5. The molecular weight excluding hydrogens is 452 g/mol. The summed E-state index contributed by atoms with van der Waals surface area (Å²) in [5.74, 6) is -5.77. The van der Waals surface area contributed by atoms with E-state index in [2.05, 4.69) is 0 Å². The van der Waals surface area contributed by atoms with E-state index in [1.54, 1.807) is 0 Å². The molecule has 2 aromatic heterocycles. The van der Waals surface area contributed by atoms with Gasteiger partial charge in [0.15, 0.2) is 10.9 Å². The zero-order valence-corrected chi connectivity index (χ0v) is 16.7. The van der Waals surface area contributed by atoms with Gasteiger partial charge in [0, 0.05) is 12.1 Å². The predicted octanol–water partition coefficient (Wildman–Crippen LogP) is 2.11. The minimum absolute atomic E-state index is 0.329. The fourth-order valence-corrected chi connectivity index (χ4v) is 2.96. The zero-order valence-electron chi connectivity index (χ0n) is 21.7. The number of fused-ring (bicyclic) bond motifs is 2. The summed E-state index contributed by atoms with van der Waals surface area (Å²) < 4.78 is 61.0. The summed E-state index contributed by atoms with van der Waals surface area (Å²) in [6.45, 7) is -7.32. The maximum absolute atomic E-state index is 12.5. The Morgan fingerprint density at radius 1 is 0.853 bits per heavy atom. The third kappa shape index (κ3) is 4.45. The van der Waals surface area contributed by atoms with Crippen LogP contribution in [0.5, 0.6) is 11.5 Å². The summed E-state index contributed by atoms with van der Waals surface area (Å²) in [6.07, 6.45) is -3.90. The van der Waals surface area contributed by atoms with Crippen molar-refractivity contribution in [3.63, 3.8) is 0 Å². The van der Waals surface area contributed by atoms with Gasteiger partial charge in [-0.1, -0.05) is 12.1 Å². The highest BCUT2D eigenvalue weighted by Gasteiger charge is 2.17. The fraction of sp³-hybridized carbons (Fsp3) is 0.130. The van der Waals surface area contributed by atoms with Crippen molar-refractivity contribution in [1.82, 2.24) is 0 Å². The molecule has 0 saturated carbocycles. The van der Waals surface area contributed by atoms with E-state index in [4.69, 9.17) is 35.4 Å². The van der Waals surface area contributed by atoms with Gasteiger partial charge < -0.3 is 33.6 Å². The van der Waals surface area contributed by atoms with Crippen LogP contribution in [0.15, 0.2) is 67.0 Å². The second-order valence-corrected chi connectivity index (χ2v) is 6.58. The average Bonchev–Trinajstić information content (AvgIpc) is 2.83. The highest BCUT2D eigenvalue weighted by atomic mass is 16.5. The molecule has 0 radical (unpaired) electrons. The minimum atomic E-state index is -3.90. The van der Waals surface area contributed by atoms with Gasteiger partial charge in [0.25, 0.3) is 0 Å². The molecule has 0 unspecified atom stereocenters. The summed E-state index contributed by atoms with van der Waals surface area (Å²) in [6, 6.07) is 8.04. The molecule has 2 heterocycles. The number of carboxylic acid groups (broad SMARTS) is 2. The van der Waals surface area contributed by atoms with E-state index in [-0.39, 0.29) is 11.2 Å². The average molecular weight is 473 g/mol. The lowest BCUT2D eigenvalue weighted by Crippen LogP contribution is -2.25. The van der Waals surface area contributed by atoms with Crippen LogP contribution in [0, 0.1) is 0 Å². The van der Waals surface area contributed by atoms with Gasteiger partial charge in [-0.15, -0.1) is 0 Å². The number of aliphatic hydroxyl groups is 1. The van der Waals surface area contributed by atoms with Gasteiger partial charge >= 0.3 is 11.9 Å². The molecule has 11 nitrogen and oxygen atoms in total. The summed E-state index contributed by atoms with van der Waals surface area (Å²) in [5, 5.41) is 28.0. The van der Waals surface area contributed by atoms with Crippen LogP contribution in [-0.2, 0) is 0 Å². The van der Waals surface area contributed by atoms with Crippen LogP contribution >= 0.6 is 0 Å². The lowest BCUT2D eigenvalue weighted by Gasteiger charge is -2.15. The van der Waals surface area contributed by atoms with Crippen LogP contribution < -0.4 is 20.3 Å². The molecule has 11 heteroatoms. The number of rotatable bonds is 8. The topological polar surface area (TPSA) is 174 Å². The first-order valence-electron chi connectivity index (χ1n) is 11.8. The molecule has 0 atom stereocenters. The summed E-state index contributed by atoms with van der Waals surface area (Å²) >= 11 is 0. The number of hydrogen-bond acceptors (Lipinski definition) is 9. The Labute approximate surface area is 196 Å². The third-order valence-corrected chi connectivity index (χ3v) is 4.37. The van der Waals surface area contributed by atoms with Gasteiger partial charge in [-0.05, 0) is 24.3 Å². The first-order valence-corrected chi connectivity index (χ1v) is 9.26. The van der Waals surface area contributed by atoms with Gasteiger partial charge in [-0.25, -0.2) is 9.59 Å². The Bertz CT molecular complexity index is 1630. The van der Waals surface area contributed by atoms with Crippen molar-refractivity contribution in [3.05, 3.63) is 80.5 Å². The van der Waals surface area contributed by atoms with Gasteiger partial charge in [0.1, 0.15) is 52.6 Å². The Kier molecular flexibility index (Phi) is 4.52. The Balaban J connectivity index is 1.73. The highest BCUT2D eigenvalue weighted by molar-refractivity contribution is 5.90. The van der Waals surface area contributed by atoms with Crippen LogP contribution in [0.2, 0.25) is 0 Å². The summed E-state index contributed by atoms with van der Waals surface area (Å²) in [7, 11) is 0.